The van der Waals surface area contributed by atoms with E-state index in [4.69, 9.17) is 4.74 Å². The summed E-state index contributed by atoms with van der Waals surface area (Å²) in [7, 11) is 1.77. The number of carbonyl (C=O) groups is 1. The molecule has 0 fully saturated rings. The minimum Gasteiger partial charge on any atom is -0.439 e. The van der Waals surface area contributed by atoms with Gasteiger partial charge in [0.2, 0.25) is 5.88 Å². The summed E-state index contributed by atoms with van der Waals surface area (Å²) in [6.45, 7) is 6.46. The van der Waals surface area contributed by atoms with Crippen LogP contribution in [-0.2, 0) is 5.41 Å². The Balaban J connectivity index is 1.57. The Morgan fingerprint density at radius 1 is 0.897 bits per heavy atom. The van der Waals surface area contributed by atoms with E-state index < -0.39 is 0 Å². The molecule has 0 unspecified atom stereocenters. The van der Waals surface area contributed by atoms with Crippen LogP contribution in [0.4, 0.5) is 22.0 Å². The van der Waals surface area contributed by atoms with Crippen LogP contribution in [0.5, 0.6) is 11.6 Å². The third-order valence-electron chi connectivity index (χ3n) is 4.24. The van der Waals surface area contributed by atoms with Gasteiger partial charge in [-0.2, -0.15) is 0 Å². The summed E-state index contributed by atoms with van der Waals surface area (Å²) in [4.78, 5) is 20.3. The predicted molar refractivity (Wildman–Crippen MR) is 116 cm³/mol. The van der Waals surface area contributed by atoms with Crippen molar-refractivity contribution in [2.45, 2.75) is 26.2 Å². The second kappa shape index (κ2) is 8.60. The Labute approximate surface area is 170 Å². The predicted octanol–water partition coefficient (Wildman–Crippen LogP) is 5.25. The van der Waals surface area contributed by atoms with Gasteiger partial charge in [0, 0.05) is 24.5 Å². The molecule has 0 bridgehead atoms. The molecule has 1 aromatic heterocycles. The van der Waals surface area contributed by atoms with Crippen LogP contribution in [0.2, 0.25) is 0 Å². The number of nitrogens with one attached hydrogen (secondary N) is 3. The number of nitrogens with zero attached hydrogens (tertiary/aromatic N) is 2. The topological polar surface area (TPSA) is 88.2 Å². The largest absolute Gasteiger partial charge is 0.439 e. The lowest BCUT2D eigenvalue weighted by molar-refractivity contribution is 0.262. The zero-order valence-electron chi connectivity index (χ0n) is 17.0. The van der Waals surface area contributed by atoms with Gasteiger partial charge in [0.25, 0.3) is 0 Å². The first-order chi connectivity index (χ1) is 13.8. The molecule has 7 nitrogen and oxygen atoms in total. The summed E-state index contributed by atoms with van der Waals surface area (Å²) < 4.78 is 5.70. The van der Waals surface area contributed by atoms with E-state index in [-0.39, 0.29) is 11.4 Å². The molecular formula is C22H25N5O2. The van der Waals surface area contributed by atoms with Crippen molar-refractivity contribution in [2.75, 3.05) is 23.0 Å². The van der Waals surface area contributed by atoms with E-state index >= 15 is 0 Å². The number of urea groups is 1. The third kappa shape index (κ3) is 5.68. The lowest BCUT2D eigenvalue weighted by Crippen LogP contribution is -2.19. The van der Waals surface area contributed by atoms with Gasteiger partial charge in [-0.15, -0.1) is 0 Å². The number of anilines is 3. The van der Waals surface area contributed by atoms with E-state index in [0.29, 0.717) is 23.1 Å². The lowest BCUT2D eigenvalue weighted by Gasteiger charge is -2.19. The molecule has 0 saturated heterocycles. The van der Waals surface area contributed by atoms with Gasteiger partial charge in [0.05, 0.1) is 0 Å². The first-order valence-electron chi connectivity index (χ1n) is 9.30. The first kappa shape index (κ1) is 20.1. The molecule has 0 spiro atoms. The number of amides is 2. The number of hydrogen-bond acceptors (Lipinski definition) is 5. The van der Waals surface area contributed by atoms with Crippen LogP contribution >= 0.6 is 0 Å². The average molecular weight is 391 g/mol. The van der Waals surface area contributed by atoms with E-state index in [9.17, 15) is 4.79 Å². The Bertz CT molecular complexity index is 964. The SMILES string of the molecule is CNc1cc(Oc2ccc(NC(=O)Nc3ccc(C(C)(C)C)cc3)cc2)ncn1. The van der Waals surface area contributed by atoms with Gasteiger partial charge >= 0.3 is 6.03 Å². The molecule has 3 aromatic rings. The fourth-order valence-electron chi connectivity index (χ4n) is 2.61. The van der Waals surface area contributed by atoms with Crippen LogP contribution in [0.1, 0.15) is 26.3 Å². The van der Waals surface area contributed by atoms with Crippen molar-refractivity contribution in [1.82, 2.24) is 9.97 Å². The molecule has 3 rings (SSSR count). The second-order valence-corrected chi connectivity index (χ2v) is 7.52. The molecule has 0 radical (unpaired) electrons. The Hall–Kier alpha value is -3.61. The van der Waals surface area contributed by atoms with Gasteiger partial charge < -0.3 is 20.7 Å². The van der Waals surface area contributed by atoms with Crippen LogP contribution in [0.25, 0.3) is 0 Å². The standard InChI is InChI=1S/C22H25N5O2/c1-22(2,3)15-5-7-16(8-6-15)26-21(28)27-17-9-11-18(12-10-17)29-20-13-19(23-4)24-14-25-20/h5-14H,1-4H3,(H,23,24,25)(H2,26,27,28). The lowest BCUT2D eigenvalue weighted by atomic mass is 9.87. The van der Waals surface area contributed by atoms with E-state index in [1.165, 1.54) is 11.9 Å². The van der Waals surface area contributed by atoms with Crippen LogP contribution in [-0.4, -0.2) is 23.0 Å². The minimum atomic E-state index is -0.309. The summed E-state index contributed by atoms with van der Waals surface area (Å²) in [5, 5.41) is 8.56. The van der Waals surface area contributed by atoms with E-state index in [2.05, 4.69) is 46.7 Å². The fraction of sp³-hybridized carbons (Fsp3) is 0.227. The summed E-state index contributed by atoms with van der Waals surface area (Å²) in [6.07, 6.45) is 1.43. The number of aromatic nitrogens is 2. The summed E-state index contributed by atoms with van der Waals surface area (Å²) in [6, 6.07) is 16.3. The summed E-state index contributed by atoms with van der Waals surface area (Å²) in [5.41, 5.74) is 2.68. The van der Waals surface area contributed by atoms with Crippen molar-refractivity contribution in [3.63, 3.8) is 0 Å². The molecule has 7 heteroatoms. The van der Waals surface area contributed by atoms with Crippen molar-refractivity contribution < 1.29 is 9.53 Å². The van der Waals surface area contributed by atoms with Crippen molar-refractivity contribution in [3.8, 4) is 11.6 Å². The number of ether oxygens (including phenoxy) is 1. The Kier molecular flexibility index (Phi) is 5.97. The minimum absolute atomic E-state index is 0.0744. The number of rotatable bonds is 5. The number of benzene rings is 2. The molecule has 150 valence electrons. The van der Waals surface area contributed by atoms with E-state index in [1.54, 1.807) is 37.4 Å². The maximum Gasteiger partial charge on any atom is 0.323 e. The highest BCUT2D eigenvalue weighted by Crippen LogP contribution is 2.24. The van der Waals surface area contributed by atoms with E-state index in [0.717, 1.165) is 5.69 Å². The molecule has 0 aliphatic rings. The molecule has 29 heavy (non-hydrogen) atoms. The van der Waals surface area contributed by atoms with Gasteiger partial charge in [-0.25, -0.2) is 14.8 Å². The monoisotopic (exact) mass is 391 g/mol. The van der Waals surface area contributed by atoms with Crippen LogP contribution in [0, 0.1) is 0 Å². The maximum absolute atomic E-state index is 12.2. The third-order valence-corrected chi connectivity index (χ3v) is 4.24. The molecule has 0 aliphatic carbocycles. The fourth-order valence-corrected chi connectivity index (χ4v) is 2.61. The molecule has 0 atom stereocenters. The van der Waals surface area contributed by atoms with Crippen molar-refractivity contribution >= 4 is 23.2 Å². The Morgan fingerprint density at radius 2 is 1.48 bits per heavy atom. The highest BCUT2D eigenvalue weighted by molar-refractivity contribution is 5.99. The Morgan fingerprint density at radius 3 is 2.03 bits per heavy atom. The molecule has 2 aromatic carbocycles. The average Bonchev–Trinajstić information content (AvgIpc) is 2.69. The molecular weight excluding hydrogens is 366 g/mol. The normalized spacial score (nSPS) is 10.9. The smallest absolute Gasteiger partial charge is 0.323 e. The van der Waals surface area contributed by atoms with Gasteiger partial charge in [-0.05, 0) is 47.4 Å². The van der Waals surface area contributed by atoms with E-state index in [1.807, 2.05) is 24.3 Å². The van der Waals surface area contributed by atoms with Crippen molar-refractivity contribution in [3.05, 3.63) is 66.5 Å². The molecule has 2 amide bonds. The molecule has 0 aliphatic heterocycles. The first-order valence-corrected chi connectivity index (χ1v) is 9.30. The number of hydrogen-bond donors (Lipinski definition) is 3. The zero-order valence-corrected chi connectivity index (χ0v) is 17.0. The van der Waals surface area contributed by atoms with Gasteiger partial charge in [-0.1, -0.05) is 32.9 Å². The van der Waals surface area contributed by atoms with Crippen LogP contribution < -0.4 is 20.7 Å². The number of carbonyl (C=O) groups excluding carboxylic acids is 1. The van der Waals surface area contributed by atoms with Crippen LogP contribution in [0.15, 0.2) is 60.9 Å². The van der Waals surface area contributed by atoms with Crippen molar-refractivity contribution in [1.29, 1.82) is 0 Å². The van der Waals surface area contributed by atoms with Crippen molar-refractivity contribution in [2.24, 2.45) is 0 Å². The maximum atomic E-state index is 12.2. The van der Waals surface area contributed by atoms with Gasteiger partial charge in [0.1, 0.15) is 17.9 Å². The van der Waals surface area contributed by atoms with Gasteiger partial charge in [-0.3, -0.25) is 0 Å². The van der Waals surface area contributed by atoms with Crippen LogP contribution in [0.3, 0.4) is 0 Å². The molecule has 3 N–H and O–H groups in total. The molecule has 0 saturated carbocycles. The molecule has 1 heterocycles. The zero-order chi connectivity index (χ0) is 20.9. The quantitative estimate of drug-likeness (QED) is 0.553. The second-order valence-electron chi connectivity index (χ2n) is 7.52. The van der Waals surface area contributed by atoms with Gasteiger partial charge in [0.15, 0.2) is 0 Å². The highest BCUT2D eigenvalue weighted by atomic mass is 16.5. The summed E-state index contributed by atoms with van der Waals surface area (Å²) >= 11 is 0. The summed E-state index contributed by atoms with van der Waals surface area (Å²) in [5.74, 6) is 1.71. The highest BCUT2D eigenvalue weighted by Gasteiger charge is 2.13.